The quantitative estimate of drug-likeness (QED) is 0.0715. The van der Waals surface area contributed by atoms with Crippen LogP contribution in [0.4, 0.5) is 0 Å². The van der Waals surface area contributed by atoms with Gasteiger partial charge in [0.2, 0.25) is 12.7 Å². The summed E-state index contributed by atoms with van der Waals surface area (Å²) in [6.45, 7) is 2.35. The van der Waals surface area contributed by atoms with Crippen molar-refractivity contribution in [1.29, 1.82) is 0 Å². The number of carbonyl (C=O) groups excluding carboxylic acids is 4. The highest BCUT2D eigenvalue weighted by atomic mass is 32.1. The third kappa shape index (κ3) is 7.07. The fourth-order valence-corrected chi connectivity index (χ4v) is 11.2. The molecule has 0 saturated carbocycles. The number of aliphatic hydroxyl groups excluding tert-OH is 1. The van der Waals surface area contributed by atoms with E-state index in [2.05, 4.69) is 0 Å². The molecule has 3 atom stereocenters. The van der Waals surface area contributed by atoms with E-state index in [0.29, 0.717) is 15.9 Å². The first kappa shape index (κ1) is 36.5. The van der Waals surface area contributed by atoms with Crippen molar-refractivity contribution in [3.63, 3.8) is 0 Å². The molecule has 2 N–H and O–H groups in total. The average Bonchev–Trinajstić information content (AvgIpc) is 3.60. The summed E-state index contributed by atoms with van der Waals surface area (Å²) in [7, 11) is 0. The number of likely N-dealkylation sites (tertiary alicyclic amines) is 1. The predicted octanol–water partition coefficient (Wildman–Crippen LogP) is 4.44. The average molecular weight is 716 g/mol. The van der Waals surface area contributed by atoms with Crippen molar-refractivity contribution >= 4 is 69.2 Å². The highest BCUT2D eigenvalue weighted by molar-refractivity contribution is 7.96. The van der Waals surface area contributed by atoms with Crippen LogP contribution < -0.4 is 15.9 Å². The maximum atomic E-state index is 14.7. The van der Waals surface area contributed by atoms with Gasteiger partial charge in [-0.3, -0.25) is 14.4 Å². The molecule has 1 amide bonds. The van der Waals surface area contributed by atoms with Gasteiger partial charge in [-0.15, -0.1) is 11.3 Å². The smallest absolute Gasteiger partial charge is 0.358 e. The summed E-state index contributed by atoms with van der Waals surface area (Å²) < 4.78 is 11.0. The highest BCUT2D eigenvalue weighted by Gasteiger charge is 2.55. The third-order valence-electron chi connectivity index (χ3n) is 8.43. The van der Waals surface area contributed by atoms with Crippen molar-refractivity contribution in [2.75, 3.05) is 6.79 Å². The minimum Gasteiger partial charge on any atom is -0.477 e. The lowest BCUT2D eigenvalue weighted by molar-refractivity contribution is -0.171. The molecule has 1 aromatic heterocycles. The van der Waals surface area contributed by atoms with Crippen molar-refractivity contribution in [2.45, 2.75) is 46.3 Å². The van der Waals surface area contributed by atoms with Crippen LogP contribution in [0.25, 0.3) is 0 Å². The molecule has 0 radical (unpaired) electrons. The number of amides is 1. The van der Waals surface area contributed by atoms with Crippen LogP contribution >= 0.6 is 18.2 Å². The fraction of sp³-hybridized carbons (Fsp3) is 0.263. The van der Waals surface area contributed by atoms with Gasteiger partial charge >= 0.3 is 17.9 Å². The Bertz CT molecular complexity index is 1850. The number of ether oxygens (including phenoxy) is 2. The SMILES string of the molecule is C[C@@H](O)[C@H]1C(=O)N(C(C(=O)OCOC(=O)C(C)(C)C)=P(c2ccccc2)(c2ccccc2)c2ccccc2)[C@@H]1CC(=O)c1ccc(C(=O)O)s1. The summed E-state index contributed by atoms with van der Waals surface area (Å²) in [6.07, 6.45) is -1.49. The second kappa shape index (κ2) is 15.0. The molecule has 0 bridgehead atoms. The first-order chi connectivity index (χ1) is 23.8. The zero-order valence-electron chi connectivity index (χ0n) is 28.0. The molecule has 10 nitrogen and oxygen atoms in total. The van der Waals surface area contributed by atoms with Crippen LogP contribution in [0.5, 0.6) is 0 Å². The van der Waals surface area contributed by atoms with E-state index < -0.39 is 66.8 Å². The lowest BCUT2D eigenvalue weighted by Gasteiger charge is -2.50. The maximum absolute atomic E-state index is 14.7. The summed E-state index contributed by atoms with van der Waals surface area (Å²) >= 11 is 0.809. The Morgan fingerprint density at radius 3 is 1.70 bits per heavy atom. The molecule has 5 rings (SSSR count). The normalized spacial score (nSPS) is 16.6. The molecule has 1 fully saturated rings. The number of aromatic carboxylic acids is 1. The number of rotatable bonds is 12. The molecule has 1 aliphatic heterocycles. The molecule has 0 aliphatic carbocycles. The van der Waals surface area contributed by atoms with Crippen molar-refractivity contribution in [3.8, 4) is 0 Å². The number of Topliss-reactive ketones (excluding diaryl/α,β-unsaturated/α-hetero) is 1. The molecule has 4 aromatic rings. The van der Waals surface area contributed by atoms with Crippen LogP contribution in [0.2, 0.25) is 0 Å². The van der Waals surface area contributed by atoms with Crippen molar-refractivity contribution in [2.24, 2.45) is 11.3 Å². The second-order valence-corrected chi connectivity index (χ2v) is 17.3. The number of ketones is 1. The summed E-state index contributed by atoms with van der Waals surface area (Å²) in [4.78, 5) is 68.4. The van der Waals surface area contributed by atoms with Crippen LogP contribution in [0.1, 0.15) is 53.5 Å². The number of hydrogen-bond donors (Lipinski definition) is 2. The largest absolute Gasteiger partial charge is 0.477 e. The standard InChI is InChI=1S/C38H38NO9PS/c1-24(40)32-28(22-29(41)30-20-21-31(50-30)35(43)44)39(33(32)42)34(36(45)47-23-48-37(46)38(2,3)4)49(25-14-8-5-9-15-25,26-16-10-6-11-17-26)27-18-12-7-13-19-27/h5-21,24,28,32,40H,22-23H2,1-4H3,(H,43,44)/t24-,28-,32-/m1/s1. The molecule has 260 valence electrons. The van der Waals surface area contributed by atoms with Crippen LogP contribution in [0, 0.1) is 11.3 Å². The predicted molar refractivity (Wildman–Crippen MR) is 193 cm³/mol. The van der Waals surface area contributed by atoms with E-state index in [4.69, 9.17) is 9.47 Å². The minimum atomic E-state index is -3.35. The van der Waals surface area contributed by atoms with Gasteiger partial charge in [0.05, 0.1) is 28.4 Å². The number of thiophene rings is 1. The van der Waals surface area contributed by atoms with Gasteiger partial charge in [0.1, 0.15) is 10.3 Å². The Morgan fingerprint density at radius 2 is 1.28 bits per heavy atom. The van der Waals surface area contributed by atoms with E-state index in [1.165, 1.54) is 24.0 Å². The Morgan fingerprint density at radius 1 is 0.800 bits per heavy atom. The monoisotopic (exact) mass is 715 g/mol. The van der Waals surface area contributed by atoms with E-state index in [0.717, 1.165) is 11.3 Å². The van der Waals surface area contributed by atoms with Gasteiger partial charge in [-0.25, -0.2) is 9.59 Å². The van der Waals surface area contributed by atoms with Crippen LogP contribution in [0.15, 0.2) is 103 Å². The number of carboxylic acid groups (broad SMARTS) is 1. The number of aliphatic hydroxyl groups is 1. The summed E-state index contributed by atoms with van der Waals surface area (Å²) in [6, 6.07) is 29.5. The Kier molecular flexibility index (Phi) is 10.9. The van der Waals surface area contributed by atoms with Crippen molar-refractivity contribution in [3.05, 3.63) is 113 Å². The van der Waals surface area contributed by atoms with Crippen LogP contribution in [-0.2, 0) is 23.9 Å². The summed E-state index contributed by atoms with van der Waals surface area (Å²) in [5.74, 6) is -4.80. The van der Waals surface area contributed by atoms with Crippen LogP contribution in [0.3, 0.4) is 0 Å². The van der Waals surface area contributed by atoms with E-state index in [1.54, 1.807) is 20.8 Å². The number of esters is 2. The number of carboxylic acids is 1. The van der Waals surface area contributed by atoms with E-state index in [1.807, 2.05) is 91.0 Å². The molecule has 0 spiro atoms. The van der Waals surface area contributed by atoms with Crippen molar-refractivity contribution in [1.82, 2.24) is 4.90 Å². The van der Waals surface area contributed by atoms with Crippen LogP contribution in [-0.4, -0.2) is 69.1 Å². The Labute approximate surface area is 294 Å². The number of carbonyl (C=O) groups is 5. The Hall–Kier alpha value is -4.83. The number of β-lactam (4-membered cyclic amide) rings is 1. The topological polar surface area (TPSA) is 148 Å². The van der Waals surface area contributed by atoms with E-state index in [-0.39, 0.29) is 21.6 Å². The van der Waals surface area contributed by atoms with Gasteiger partial charge in [0.15, 0.2) is 5.78 Å². The zero-order chi connectivity index (χ0) is 36.2. The molecule has 1 saturated heterocycles. The molecule has 50 heavy (non-hydrogen) atoms. The lowest BCUT2D eigenvalue weighted by atomic mass is 9.80. The third-order valence-corrected chi connectivity index (χ3v) is 13.8. The van der Waals surface area contributed by atoms with Gasteiger partial charge < -0.3 is 24.6 Å². The first-order valence-corrected chi connectivity index (χ1v) is 18.5. The molecule has 12 heteroatoms. The van der Waals surface area contributed by atoms with Gasteiger partial charge in [0, 0.05) is 13.3 Å². The van der Waals surface area contributed by atoms with E-state index >= 15 is 0 Å². The number of benzene rings is 3. The zero-order valence-corrected chi connectivity index (χ0v) is 29.7. The van der Waals surface area contributed by atoms with Crippen molar-refractivity contribution < 1.29 is 43.7 Å². The molecular weight excluding hydrogens is 677 g/mol. The first-order valence-electron chi connectivity index (χ1n) is 15.9. The van der Waals surface area contributed by atoms with Gasteiger partial charge in [-0.1, -0.05) is 91.0 Å². The molecular formula is C38H38NO9PS. The minimum absolute atomic E-state index is 0.0234. The molecule has 2 heterocycles. The maximum Gasteiger partial charge on any atom is 0.358 e. The van der Waals surface area contributed by atoms with Gasteiger partial charge in [-0.2, -0.15) is 0 Å². The molecule has 0 unspecified atom stereocenters. The fourth-order valence-electron chi connectivity index (χ4n) is 6.05. The Balaban J connectivity index is 1.79. The van der Waals surface area contributed by atoms with E-state index in [9.17, 15) is 34.2 Å². The second-order valence-electron chi connectivity index (χ2n) is 12.9. The number of nitrogens with zero attached hydrogens (tertiary/aromatic N) is 1. The molecule has 3 aromatic carbocycles. The number of hydrogen-bond acceptors (Lipinski definition) is 9. The molecule has 1 aliphatic rings. The lowest BCUT2D eigenvalue weighted by Crippen LogP contribution is -2.68. The van der Waals surface area contributed by atoms with Gasteiger partial charge in [-0.05, 0) is 55.7 Å². The highest BCUT2D eigenvalue weighted by Crippen LogP contribution is 2.50. The van der Waals surface area contributed by atoms with Gasteiger partial charge in [0.25, 0.3) is 0 Å². The summed E-state index contributed by atoms with van der Waals surface area (Å²) in [5.41, 5.74) is -0.926. The summed E-state index contributed by atoms with van der Waals surface area (Å²) in [5, 5.41) is 22.4.